The van der Waals surface area contributed by atoms with Gasteiger partial charge in [0.2, 0.25) is 5.13 Å². The van der Waals surface area contributed by atoms with Crippen LogP contribution in [0.3, 0.4) is 0 Å². The average Bonchev–Trinajstić information content (AvgIpc) is 3.07. The Morgan fingerprint density at radius 3 is 2.56 bits per heavy atom. The number of hydrogen-bond acceptors (Lipinski definition) is 5. The van der Waals surface area contributed by atoms with Crippen LogP contribution in [0.1, 0.15) is 21.5 Å². The van der Waals surface area contributed by atoms with Gasteiger partial charge in [-0.05, 0) is 39.7 Å². The van der Waals surface area contributed by atoms with Crippen LogP contribution >= 0.6 is 39.0 Å². The van der Waals surface area contributed by atoms with E-state index in [2.05, 4.69) is 31.4 Å². The molecule has 3 aromatic rings. The van der Waals surface area contributed by atoms with Gasteiger partial charge in [-0.15, -0.1) is 10.2 Å². The van der Waals surface area contributed by atoms with E-state index < -0.39 is 11.7 Å². The molecule has 0 spiro atoms. The van der Waals surface area contributed by atoms with Crippen molar-refractivity contribution < 1.29 is 18.0 Å². The SMILES string of the molecule is O=C(Nc1nnc(SCc2ccccc2C(F)(F)F)s1)c1ccccc1Br. The van der Waals surface area contributed by atoms with E-state index >= 15 is 0 Å². The third-order valence-corrected chi connectivity index (χ3v) is 6.13. The van der Waals surface area contributed by atoms with Crippen molar-refractivity contribution in [2.24, 2.45) is 0 Å². The summed E-state index contributed by atoms with van der Waals surface area (Å²) < 4.78 is 40.2. The summed E-state index contributed by atoms with van der Waals surface area (Å²) in [4.78, 5) is 12.2. The molecule has 0 bridgehead atoms. The van der Waals surface area contributed by atoms with Crippen LogP contribution in [0.4, 0.5) is 18.3 Å². The first-order valence-corrected chi connectivity index (χ1v) is 10.1. The summed E-state index contributed by atoms with van der Waals surface area (Å²) in [6, 6.07) is 12.3. The van der Waals surface area contributed by atoms with E-state index in [1.165, 1.54) is 12.1 Å². The van der Waals surface area contributed by atoms with Gasteiger partial charge in [-0.25, -0.2) is 0 Å². The second kappa shape index (κ2) is 8.41. The lowest BCUT2D eigenvalue weighted by Gasteiger charge is -2.11. The van der Waals surface area contributed by atoms with Crippen molar-refractivity contribution in [2.75, 3.05) is 5.32 Å². The van der Waals surface area contributed by atoms with Crippen molar-refractivity contribution in [3.8, 4) is 0 Å². The van der Waals surface area contributed by atoms with Gasteiger partial charge in [0.1, 0.15) is 0 Å². The highest BCUT2D eigenvalue weighted by atomic mass is 79.9. The zero-order valence-corrected chi connectivity index (χ0v) is 16.7. The predicted molar refractivity (Wildman–Crippen MR) is 103 cm³/mol. The second-order valence-corrected chi connectivity index (χ2v) is 8.30. The normalized spacial score (nSPS) is 11.4. The van der Waals surface area contributed by atoms with Crippen molar-refractivity contribution in [2.45, 2.75) is 16.3 Å². The lowest BCUT2D eigenvalue weighted by Crippen LogP contribution is -2.12. The molecule has 1 amide bonds. The number of alkyl halides is 3. The summed E-state index contributed by atoms with van der Waals surface area (Å²) in [6.45, 7) is 0. The fourth-order valence-electron chi connectivity index (χ4n) is 2.19. The van der Waals surface area contributed by atoms with Gasteiger partial charge < -0.3 is 0 Å². The molecule has 1 aromatic heterocycles. The fourth-order valence-corrected chi connectivity index (χ4v) is 4.41. The highest BCUT2D eigenvalue weighted by Gasteiger charge is 2.32. The summed E-state index contributed by atoms with van der Waals surface area (Å²) in [6.07, 6.45) is -4.40. The van der Waals surface area contributed by atoms with Crippen molar-refractivity contribution in [1.29, 1.82) is 0 Å². The van der Waals surface area contributed by atoms with E-state index in [1.807, 2.05) is 0 Å². The first kappa shape index (κ1) is 19.8. The van der Waals surface area contributed by atoms with E-state index in [4.69, 9.17) is 0 Å². The molecule has 0 fully saturated rings. The van der Waals surface area contributed by atoms with Gasteiger partial charge in [-0.3, -0.25) is 10.1 Å². The molecule has 0 atom stereocenters. The molecule has 2 aromatic carbocycles. The first-order valence-electron chi connectivity index (χ1n) is 7.52. The summed E-state index contributed by atoms with van der Waals surface area (Å²) in [5.74, 6) is -0.250. The molecule has 0 radical (unpaired) electrons. The molecule has 10 heteroatoms. The zero-order valence-electron chi connectivity index (χ0n) is 13.5. The summed E-state index contributed by atoms with van der Waals surface area (Å²) in [5.41, 5.74) is -0.0468. The number of carbonyl (C=O) groups excluding carboxylic acids is 1. The third-order valence-electron chi connectivity index (χ3n) is 3.42. The predicted octanol–water partition coefficient (Wildman–Crippen LogP) is 5.86. The molecule has 0 unspecified atom stereocenters. The lowest BCUT2D eigenvalue weighted by atomic mass is 10.1. The maximum Gasteiger partial charge on any atom is 0.416 e. The minimum Gasteiger partial charge on any atom is -0.296 e. The van der Waals surface area contributed by atoms with Crippen LogP contribution < -0.4 is 5.32 Å². The maximum atomic E-state index is 13.0. The number of benzene rings is 2. The quantitative estimate of drug-likeness (QED) is 0.372. The van der Waals surface area contributed by atoms with Crippen molar-refractivity contribution >= 4 is 50.1 Å². The number of amides is 1. The Bertz CT molecular complexity index is 962. The molecule has 0 aliphatic carbocycles. The van der Waals surface area contributed by atoms with Gasteiger partial charge in [0.25, 0.3) is 5.91 Å². The number of aromatic nitrogens is 2. The Balaban J connectivity index is 1.66. The molecule has 0 saturated heterocycles. The summed E-state index contributed by atoms with van der Waals surface area (Å²) in [7, 11) is 0. The third kappa shape index (κ3) is 5.08. The highest BCUT2D eigenvalue weighted by molar-refractivity contribution is 9.10. The Hall–Kier alpha value is -1.91. The minimum atomic E-state index is -4.40. The van der Waals surface area contributed by atoms with Gasteiger partial charge in [0.05, 0.1) is 11.1 Å². The molecule has 4 nitrogen and oxygen atoms in total. The van der Waals surface area contributed by atoms with E-state index in [9.17, 15) is 18.0 Å². The molecular weight excluding hydrogens is 463 g/mol. The van der Waals surface area contributed by atoms with Crippen LogP contribution in [-0.2, 0) is 11.9 Å². The largest absolute Gasteiger partial charge is 0.416 e. The number of carbonyl (C=O) groups is 1. The van der Waals surface area contributed by atoms with E-state index in [-0.39, 0.29) is 22.4 Å². The van der Waals surface area contributed by atoms with Gasteiger partial charge >= 0.3 is 6.18 Å². The Kier molecular flexibility index (Phi) is 6.18. The van der Waals surface area contributed by atoms with Gasteiger partial charge in [0, 0.05) is 10.2 Å². The maximum absolute atomic E-state index is 13.0. The smallest absolute Gasteiger partial charge is 0.296 e. The van der Waals surface area contributed by atoms with Crippen molar-refractivity contribution in [3.05, 3.63) is 69.7 Å². The van der Waals surface area contributed by atoms with Crippen molar-refractivity contribution in [1.82, 2.24) is 10.2 Å². The Morgan fingerprint density at radius 2 is 1.81 bits per heavy atom. The van der Waals surface area contributed by atoms with Crippen molar-refractivity contribution in [3.63, 3.8) is 0 Å². The van der Waals surface area contributed by atoms with Crippen LogP contribution in [0.5, 0.6) is 0 Å². The molecule has 3 rings (SSSR count). The van der Waals surface area contributed by atoms with E-state index in [0.29, 0.717) is 14.4 Å². The van der Waals surface area contributed by atoms with E-state index in [0.717, 1.165) is 29.2 Å². The molecule has 1 N–H and O–H groups in total. The molecule has 1 heterocycles. The van der Waals surface area contributed by atoms with Crippen LogP contribution in [0, 0.1) is 0 Å². The summed E-state index contributed by atoms with van der Waals surface area (Å²) in [5, 5.41) is 10.7. The van der Waals surface area contributed by atoms with Crippen LogP contribution in [0.15, 0.2) is 57.3 Å². The molecule has 27 heavy (non-hydrogen) atoms. The first-order chi connectivity index (χ1) is 12.8. The van der Waals surface area contributed by atoms with Gasteiger partial charge in [0.15, 0.2) is 4.34 Å². The average molecular weight is 474 g/mol. The highest BCUT2D eigenvalue weighted by Crippen LogP contribution is 2.35. The lowest BCUT2D eigenvalue weighted by molar-refractivity contribution is -0.138. The Labute approximate surface area is 169 Å². The number of hydrogen-bond donors (Lipinski definition) is 1. The molecule has 0 saturated carbocycles. The number of rotatable bonds is 5. The van der Waals surface area contributed by atoms with Crippen LogP contribution in [0.2, 0.25) is 0 Å². The monoisotopic (exact) mass is 473 g/mol. The zero-order chi connectivity index (χ0) is 19.4. The standard InChI is InChI=1S/C17H11BrF3N3OS2/c18-13-8-4-2-6-11(13)14(25)22-15-23-24-16(27-15)26-9-10-5-1-3-7-12(10)17(19,20)21/h1-8H,9H2,(H,22,23,25). The topological polar surface area (TPSA) is 54.9 Å². The number of anilines is 1. The summed E-state index contributed by atoms with van der Waals surface area (Å²) >= 11 is 5.54. The number of nitrogens with zero attached hydrogens (tertiary/aromatic N) is 2. The van der Waals surface area contributed by atoms with Gasteiger partial charge in [-0.1, -0.05) is 53.4 Å². The molecule has 140 valence electrons. The van der Waals surface area contributed by atoms with Gasteiger partial charge in [-0.2, -0.15) is 13.2 Å². The number of nitrogens with one attached hydrogen (secondary N) is 1. The molecule has 0 aliphatic heterocycles. The molecule has 0 aliphatic rings. The molecular formula is C17H11BrF3N3OS2. The number of thioether (sulfide) groups is 1. The van der Waals surface area contributed by atoms with E-state index in [1.54, 1.807) is 30.3 Å². The second-order valence-electron chi connectivity index (χ2n) is 5.25. The van der Waals surface area contributed by atoms with Crippen LogP contribution in [0.25, 0.3) is 0 Å². The fraction of sp³-hybridized carbons (Fsp3) is 0.118. The Morgan fingerprint density at radius 1 is 1.11 bits per heavy atom. The van der Waals surface area contributed by atoms with Crippen LogP contribution in [-0.4, -0.2) is 16.1 Å². The minimum absolute atomic E-state index is 0.0997. The number of halogens is 4.